The summed E-state index contributed by atoms with van der Waals surface area (Å²) in [7, 11) is 1.65. The molecular formula is C16H23N3O4. The first-order chi connectivity index (χ1) is 11.2. The number of urea groups is 1. The Morgan fingerprint density at radius 3 is 2.61 bits per heavy atom. The molecule has 0 atom stereocenters. The lowest BCUT2D eigenvalue weighted by Gasteiger charge is -2.20. The molecule has 0 unspecified atom stereocenters. The van der Waals surface area contributed by atoms with Crippen molar-refractivity contribution in [2.45, 2.75) is 6.54 Å². The fourth-order valence-electron chi connectivity index (χ4n) is 2.47. The van der Waals surface area contributed by atoms with Crippen LogP contribution in [0.25, 0.3) is 10.9 Å². The molecule has 2 rings (SSSR count). The SMILES string of the molecule is COCCn1cc(NC(=O)N(CCO)CCO)c2ccccc21. The summed E-state index contributed by atoms with van der Waals surface area (Å²) in [6.45, 7) is 1.31. The van der Waals surface area contributed by atoms with Crippen LogP contribution >= 0.6 is 0 Å². The number of aliphatic hydroxyl groups excluding tert-OH is 2. The molecule has 1 heterocycles. The molecule has 7 heteroatoms. The van der Waals surface area contributed by atoms with Crippen molar-refractivity contribution in [1.82, 2.24) is 9.47 Å². The van der Waals surface area contributed by atoms with Crippen molar-refractivity contribution in [1.29, 1.82) is 0 Å². The first-order valence-corrected chi connectivity index (χ1v) is 7.55. The lowest BCUT2D eigenvalue weighted by molar-refractivity contribution is 0.167. The van der Waals surface area contributed by atoms with E-state index >= 15 is 0 Å². The van der Waals surface area contributed by atoms with Gasteiger partial charge in [0.05, 0.1) is 31.0 Å². The Hall–Kier alpha value is -2.09. The Labute approximate surface area is 135 Å². The molecular weight excluding hydrogens is 298 g/mol. The molecule has 126 valence electrons. The number of anilines is 1. The second kappa shape index (κ2) is 8.52. The summed E-state index contributed by atoms with van der Waals surface area (Å²) in [6.07, 6.45) is 1.87. The first-order valence-electron chi connectivity index (χ1n) is 7.55. The summed E-state index contributed by atoms with van der Waals surface area (Å²) >= 11 is 0. The zero-order valence-corrected chi connectivity index (χ0v) is 13.2. The molecule has 0 spiro atoms. The van der Waals surface area contributed by atoms with Gasteiger partial charge in [-0.25, -0.2) is 4.79 Å². The van der Waals surface area contributed by atoms with Gasteiger partial charge < -0.3 is 29.7 Å². The fourth-order valence-corrected chi connectivity index (χ4v) is 2.47. The van der Waals surface area contributed by atoms with E-state index in [1.54, 1.807) is 7.11 Å². The Morgan fingerprint density at radius 1 is 1.26 bits per heavy atom. The van der Waals surface area contributed by atoms with Crippen LogP contribution in [0.4, 0.5) is 10.5 Å². The molecule has 1 aromatic carbocycles. The minimum atomic E-state index is -0.345. The van der Waals surface area contributed by atoms with Crippen LogP contribution in [0.3, 0.4) is 0 Å². The van der Waals surface area contributed by atoms with Crippen molar-refractivity contribution in [3.05, 3.63) is 30.5 Å². The molecule has 2 aromatic rings. The molecule has 0 fully saturated rings. The molecule has 0 aliphatic rings. The molecule has 0 saturated carbocycles. The molecule has 2 amide bonds. The van der Waals surface area contributed by atoms with E-state index in [1.165, 1.54) is 4.90 Å². The standard InChI is InChI=1S/C16H23N3O4/c1-23-11-8-19-12-14(13-4-2-3-5-15(13)19)17-16(22)18(6-9-20)7-10-21/h2-5,12,20-21H,6-11H2,1H3,(H,17,22). The topological polar surface area (TPSA) is 87.0 Å². The zero-order chi connectivity index (χ0) is 16.7. The van der Waals surface area contributed by atoms with Gasteiger partial charge in [0.2, 0.25) is 0 Å². The number of nitrogens with zero attached hydrogens (tertiary/aromatic N) is 2. The molecule has 0 aliphatic carbocycles. The van der Waals surface area contributed by atoms with Gasteiger partial charge >= 0.3 is 6.03 Å². The second-order valence-corrected chi connectivity index (χ2v) is 5.11. The number of hydrogen-bond donors (Lipinski definition) is 3. The Bertz CT molecular complexity index is 635. The van der Waals surface area contributed by atoms with Gasteiger partial charge in [-0.2, -0.15) is 0 Å². The average molecular weight is 321 g/mol. The van der Waals surface area contributed by atoms with Crippen molar-refractivity contribution < 1.29 is 19.7 Å². The van der Waals surface area contributed by atoms with E-state index < -0.39 is 0 Å². The van der Waals surface area contributed by atoms with Crippen LogP contribution in [-0.2, 0) is 11.3 Å². The zero-order valence-electron chi connectivity index (χ0n) is 13.2. The monoisotopic (exact) mass is 321 g/mol. The highest BCUT2D eigenvalue weighted by Gasteiger charge is 2.15. The van der Waals surface area contributed by atoms with Crippen LogP contribution in [0, 0.1) is 0 Å². The Balaban J connectivity index is 2.23. The van der Waals surface area contributed by atoms with Crippen LogP contribution < -0.4 is 5.32 Å². The fraction of sp³-hybridized carbons (Fsp3) is 0.438. The lowest BCUT2D eigenvalue weighted by Crippen LogP contribution is -2.38. The molecule has 3 N–H and O–H groups in total. The van der Waals surface area contributed by atoms with Gasteiger partial charge in [-0.05, 0) is 6.07 Å². The molecule has 0 saturated heterocycles. The smallest absolute Gasteiger partial charge is 0.322 e. The van der Waals surface area contributed by atoms with Gasteiger partial charge in [-0.3, -0.25) is 0 Å². The summed E-state index contributed by atoms with van der Waals surface area (Å²) < 4.78 is 7.14. The number of amides is 2. The largest absolute Gasteiger partial charge is 0.395 e. The van der Waals surface area contributed by atoms with Crippen molar-refractivity contribution in [2.24, 2.45) is 0 Å². The quantitative estimate of drug-likeness (QED) is 0.680. The summed E-state index contributed by atoms with van der Waals surface area (Å²) in [5.41, 5.74) is 1.71. The Morgan fingerprint density at radius 2 is 1.96 bits per heavy atom. The molecule has 1 aromatic heterocycles. The van der Waals surface area contributed by atoms with Crippen LogP contribution in [0.1, 0.15) is 0 Å². The maximum absolute atomic E-state index is 12.3. The van der Waals surface area contributed by atoms with E-state index in [4.69, 9.17) is 14.9 Å². The number of benzene rings is 1. The summed E-state index contributed by atoms with van der Waals surface area (Å²) in [5.74, 6) is 0. The van der Waals surface area contributed by atoms with E-state index in [1.807, 2.05) is 35.0 Å². The maximum Gasteiger partial charge on any atom is 0.322 e. The van der Waals surface area contributed by atoms with Gasteiger partial charge in [-0.1, -0.05) is 18.2 Å². The van der Waals surface area contributed by atoms with E-state index in [0.717, 1.165) is 10.9 Å². The molecule has 0 bridgehead atoms. The molecule has 7 nitrogen and oxygen atoms in total. The first kappa shape index (κ1) is 17.3. The van der Waals surface area contributed by atoms with E-state index in [9.17, 15) is 4.79 Å². The number of fused-ring (bicyclic) bond motifs is 1. The molecule has 23 heavy (non-hydrogen) atoms. The normalized spacial score (nSPS) is 10.9. The lowest BCUT2D eigenvalue weighted by atomic mass is 10.2. The maximum atomic E-state index is 12.3. The number of carbonyl (C=O) groups is 1. The summed E-state index contributed by atoms with van der Waals surface area (Å²) in [4.78, 5) is 13.7. The van der Waals surface area contributed by atoms with E-state index in [2.05, 4.69) is 5.32 Å². The molecule has 0 radical (unpaired) electrons. The highest BCUT2D eigenvalue weighted by molar-refractivity contribution is 6.01. The van der Waals surface area contributed by atoms with Crippen molar-refractivity contribution >= 4 is 22.6 Å². The number of para-hydroxylation sites is 1. The highest BCUT2D eigenvalue weighted by atomic mass is 16.5. The second-order valence-electron chi connectivity index (χ2n) is 5.11. The van der Waals surface area contributed by atoms with Crippen molar-refractivity contribution in [3.8, 4) is 0 Å². The number of methoxy groups -OCH3 is 1. The van der Waals surface area contributed by atoms with E-state index in [0.29, 0.717) is 18.8 Å². The minimum absolute atomic E-state index is 0.150. The predicted octanol–water partition coefficient (Wildman–Crippen LogP) is 1.11. The van der Waals surface area contributed by atoms with Crippen LogP contribution in [0.5, 0.6) is 0 Å². The number of ether oxygens (including phenoxy) is 1. The van der Waals surface area contributed by atoms with Crippen LogP contribution in [0.15, 0.2) is 30.5 Å². The van der Waals surface area contributed by atoms with Crippen LogP contribution in [-0.4, -0.2) is 65.7 Å². The van der Waals surface area contributed by atoms with Crippen LogP contribution in [0.2, 0.25) is 0 Å². The number of rotatable bonds is 8. The van der Waals surface area contributed by atoms with Gasteiger partial charge in [0, 0.05) is 38.3 Å². The Kier molecular flexibility index (Phi) is 6.40. The van der Waals surface area contributed by atoms with Gasteiger partial charge in [0.1, 0.15) is 0 Å². The predicted molar refractivity (Wildman–Crippen MR) is 88.6 cm³/mol. The van der Waals surface area contributed by atoms with Crippen molar-refractivity contribution in [3.63, 3.8) is 0 Å². The van der Waals surface area contributed by atoms with Crippen molar-refractivity contribution in [2.75, 3.05) is 45.3 Å². The third-order valence-corrected chi connectivity index (χ3v) is 3.59. The number of hydrogen-bond acceptors (Lipinski definition) is 4. The minimum Gasteiger partial charge on any atom is -0.395 e. The highest BCUT2D eigenvalue weighted by Crippen LogP contribution is 2.26. The average Bonchev–Trinajstić information content (AvgIpc) is 2.91. The summed E-state index contributed by atoms with van der Waals surface area (Å²) in [5, 5.41) is 21.8. The third kappa shape index (κ3) is 4.22. The third-order valence-electron chi connectivity index (χ3n) is 3.59. The van der Waals surface area contributed by atoms with E-state index in [-0.39, 0.29) is 32.3 Å². The number of aromatic nitrogens is 1. The molecule has 0 aliphatic heterocycles. The number of carbonyl (C=O) groups excluding carboxylic acids is 1. The summed E-state index contributed by atoms with van der Waals surface area (Å²) in [6, 6.07) is 7.44. The number of nitrogens with one attached hydrogen (secondary N) is 1. The van der Waals surface area contributed by atoms with Gasteiger partial charge in [0.15, 0.2) is 0 Å². The number of aliphatic hydroxyl groups is 2. The van der Waals surface area contributed by atoms with Gasteiger partial charge in [-0.15, -0.1) is 0 Å². The van der Waals surface area contributed by atoms with Gasteiger partial charge in [0.25, 0.3) is 0 Å².